The van der Waals surface area contributed by atoms with E-state index in [1.807, 2.05) is 0 Å². The first-order chi connectivity index (χ1) is 36.9. The zero-order valence-electron chi connectivity index (χ0n) is 40.7. The van der Waals surface area contributed by atoms with E-state index < -0.39 is 32.9 Å². The van der Waals surface area contributed by atoms with Crippen molar-refractivity contribution in [3.05, 3.63) is 253 Å². The molecule has 376 valence electrons. The molecule has 11 heteroatoms. The minimum absolute atomic E-state index is 0.437. The molecule has 12 rings (SSSR count). The Morgan fingerprint density at radius 3 is 0.776 bits per heavy atom. The van der Waals surface area contributed by atoms with Crippen LogP contribution in [0.25, 0.3) is 64.6 Å². The van der Waals surface area contributed by atoms with Gasteiger partial charge in [-0.1, -0.05) is 146 Å². The molecule has 0 unspecified atom stereocenters. The molecule has 0 atom stereocenters. The molecular formula is C65H47F3O6S2. The summed E-state index contributed by atoms with van der Waals surface area (Å²) in [7, 11) is -5.59. The van der Waals surface area contributed by atoms with E-state index in [1.165, 1.54) is 96.0 Å². The van der Waals surface area contributed by atoms with Gasteiger partial charge in [-0.3, -0.25) is 0 Å². The van der Waals surface area contributed by atoms with Gasteiger partial charge in [0.2, 0.25) is 0 Å². The van der Waals surface area contributed by atoms with Gasteiger partial charge in [0.15, 0.2) is 14.7 Å². The molecule has 12 aromatic carbocycles. The molecule has 0 aromatic heterocycles. The minimum Gasteiger partial charge on any atom is -0.748 e. The van der Waals surface area contributed by atoms with Crippen LogP contribution >= 0.6 is 0 Å². The van der Waals surface area contributed by atoms with Crippen LogP contribution in [0.5, 0.6) is 17.2 Å². The van der Waals surface area contributed by atoms with E-state index in [9.17, 15) is 26.1 Å². The van der Waals surface area contributed by atoms with Gasteiger partial charge < -0.3 is 18.8 Å². The van der Waals surface area contributed by atoms with Crippen molar-refractivity contribution >= 4 is 85.6 Å². The van der Waals surface area contributed by atoms with Crippen LogP contribution in [-0.2, 0) is 40.8 Å². The second kappa shape index (κ2) is 21.5. The summed E-state index contributed by atoms with van der Waals surface area (Å²) < 4.78 is 80.8. The molecule has 12 aromatic rings. The summed E-state index contributed by atoms with van der Waals surface area (Å²) in [6, 6.07) is 84.2. The first-order valence-corrected chi connectivity index (χ1v) is 27.3. The Bertz CT molecular complexity index is 3610. The number of ether oxygens (including phenoxy) is 3. The predicted molar refractivity (Wildman–Crippen MR) is 299 cm³/mol. The molecule has 0 aliphatic carbocycles. The molecule has 0 saturated heterocycles. The number of rotatable bonds is 13. The van der Waals surface area contributed by atoms with Crippen molar-refractivity contribution in [2.24, 2.45) is 0 Å². The van der Waals surface area contributed by atoms with Crippen molar-refractivity contribution in [1.82, 2.24) is 0 Å². The van der Waals surface area contributed by atoms with Crippen LogP contribution in [0.2, 0.25) is 0 Å². The fourth-order valence-corrected chi connectivity index (χ4v) is 12.3. The normalized spacial score (nSPS) is 11.9. The van der Waals surface area contributed by atoms with Crippen LogP contribution in [0.1, 0.15) is 16.7 Å². The molecule has 0 heterocycles. The summed E-state index contributed by atoms with van der Waals surface area (Å²) in [6.07, 6.45) is -4.92. The van der Waals surface area contributed by atoms with Gasteiger partial charge in [0, 0.05) is 16.7 Å². The summed E-state index contributed by atoms with van der Waals surface area (Å²) in [5.74, 6) is 0.205. The quantitative estimate of drug-likeness (QED) is 0.0650. The summed E-state index contributed by atoms with van der Waals surface area (Å²) in [5, 5.41) is 14.6. The molecule has 0 aliphatic heterocycles. The molecule has 76 heavy (non-hydrogen) atoms. The maximum atomic E-state index is 11.0. The van der Waals surface area contributed by atoms with Crippen molar-refractivity contribution in [2.75, 3.05) is 5.75 Å². The zero-order chi connectivity index (χ0) is 52.2. The molecule has 0 amide bonds. The molecule has 0 saturated carbocycles. The Hall–Kier alpha value is -8.35. The standard InChI is InChI=1S/C63H45O3S.C2H3F3O3S/c1-7-19-55-43(13-1)37-44-14-2-8-20-56(44)61(55)40-64-49-25-31-52(32-26-49)67(53-33-27-50(28-34-53)65-41-62-57-21-9-3-15-45(57)38-46-16-4-10-22-58(46)62)54-35-29-51(30-36-54)66-42-63-59-23-11-5-17-47(59)39-48-18-6-12-24-60(48)63;3-2(4,5)1-9(6,7)8/h1-39H,40-42H2;1H2,(H,6,7,8)/q+1;/p-1. The second-order valence-electron chi connectivity index (χ2n) is 18.3. The molecular weight excluding hydrogens is 998 g/mol. The highest BCUT2D eigenvalue weighted by molar-refractivity contribution is 7.97. The summed E-state index contributed by atoms with van der Waals surface area (Å²) in [6.45, 7) is 1.41. The van der Waals surface area contributed by atoms with Gasteiger partial charge in [-0.05, 0) is 156 Å². The van der Waals surface area contributed by atoms with Gasteiger partial charge in [-0.15, -0.1) is 0 Å². The van der Waals surface area contributed by atoms with Gasteiger partial charge in [0.25, 0.3) is 0 Å². The van der Waals surface area contributed by atoms with Gasteiger partial charge in [0.1, 0.15) is 52.9 Å². The van der Waals surface area contributed by atoms with Crippen LogP contribution in [0.3, 0.4) is 0 Å². The lowest BCUT2D eigenvalue weighted by atomic mass is 9.97. The third kappa shape index (κ3) is 11.2. The summed E-state index contributed by atoms with van der Waals surface area (Å²) >= 11 is 0. The van der Waals surface area contributed by atoms with Crippen LogP contribution in [-0.4, -0.2) is 24.9 Å². The van der Waals surface area contributed by atoms with Crippen LogP contribution < -0.4 is 14.2 Å². The number of halogens is 3. The number of hydrogen-bond donors (Lipinski definition) is 0. The van der Waals surface area contributed by atoms with Crippen LogP contribution in [0.4, 0.5) is 13.2 Å². The van der Waals surface area contributed by atoms with E-state index in [0.29, 0.717) is 19.8 Å². The van der Waals surface area contributed by atoms with E-state index in [1.54, 1.807) is 0 Å². The Labute approximate surface area is 440 Å². The Kier molecular flexibility index (Phi) is 14.1. The van der Waals surface area contributed by atoms with Crippen LogP contribution in [0.15, 0.2) is 251 Å². The largest absolute Gasteiger partial charge is 0.748 e. The lowest BCUT2D eigenvalue weighted by molar-refractivity contribution is -0.107. The number of fused-ring (bicyclic) bond motifs is 6. The van der Waals surface area contributed by atoms with E-state index in [0.717, 1.165) is 17.2 Å². The second-order valence-corrected chi connectivity index (χ2v) is 21.7. The van der Waals surface area contributed by atoms with Crippen molar-refractivity contribution in [1.29, 1.82) is 0 Å². The third-order valence-electron chi connectivity index (χ3n) is 13.3. The molecule has 0 radical (unpaired) electrons. The van der Waals surface area contributed by atoms with Gasteiger partial charge >= 0.3 is 6.18 Å². The molecule has 0 spiro atoms. The fourth-order valence-electron chi connectivity index (χ4n) is 9.88. The molecule has 0 N–H and O–H groups in total. The van der Waals surface area contributed by atoms with Crippen molar-refractivity contribution in [2.45, 2.75) is 40.7 Å². The SMILES string of the molecule is O=S(=O)([O-])CC(F)(F)F.c1ccc2c(COc3ccc([S+](c4ccc(OCc5c6ccccc6cc6ccccc56)cc4)c4ccc(OCc5c6ccccc6cc6ccccc56)cc4)cc3)c3ccccc3cc2c1. The minimum atomic E-state index is -5.16. The maximum Gasteiger partial charge on any atom is 0.401 e. The van der Waals surface area contributed by atoms with Crippen molar-refractivity contribution in [3.63, 3.8) is 0 Å². The third-order valence-corrected chi connectivity index (χ3v) is 16.2. The lowest BCUT2D eigenvalue weighted by Crippen LogP contribution is -2.21. The van der Waals surface area contributed by atoms with E-state index in [4.69, 9.17) is 14.2 Å². The Morgan fingerprint density at radius 1 is 0.355 bits per heavy atom. The average Bonchev–Trinajstić information content (AvgIpc) is 3.43. The first kappa shape index (κ1) is 49.8. The monoisotopic (exact) mass is 1040 g/mol. The van der Waals surface area contributed by atoms with Crippen molar-refractivity contribution < 1.29 is 40.4 Å². The Balaban J connectivity index is 0.000000630. The molecule has 6 nitrogen and oxygen atoms in total. The molecule has 0 aliphatic rings. The summed E-state index contributed by atoms with van der Waals surface area (Å²) in [4.78, 5) is 3.57. The van der Waals surface area contributed by atoms with E-state index >= 15 is 0 Å². The number of alkyl halides is 3. The fraction of sp³-hybridized carbons (Fsp3) is 0.0769. The predicted octanol–water partition coefficient (Wildman–Crippen LogP) is 16.5. The first-order valence-electron chi connectivity index (χ1n) is 24.5. The molecule has 0 bridgehead atoms. The van der Waals surface area contributed by atoms with E-state index in [2.05, 4.69) is 237 Å². The van der Waals surface area contributed by atoms with Gasteiger partial charge in [-0.25, -0.2) is 8.42 Å². The smallest absolute Gasteiger partial charge is 0.401 e. The Morgan fingerprint density at radius 2 is 0.579 bits per heavy atom. The molecule has 0 fully saturated rings. The maximum absolute atomic E-state index is 11.0. The van der Waals surface area contributed by atoms with Gasteiger partial charge in [0.05, 0.1) is 10.9 Å². The van der Waals surface area contributed by atoms with Gasteiger partial charge in [-0.2, -0.15) is 13.2 Å². The van der Waals surface area contributed by atoms with Crippen LogP contribution in [0, 0.1) is 0 Å². The highest BCUT2D eigenvalue weighted by Crippen LogP contribution is 2.37. The number of hydrogen-bond acceptors (Lipinski definition) is 6. The number of benzene rings is 12. The zero-order valence-corrected chi connectivity index (χ0v) is 42.4. The highest BCUT2D eigenvalue weighted by atomic mass is 32.2. The van der Waals surface area contributed by atoms with E-state index in [-0.39, 0.29) is 0 Å². The van der Waals surface area contributed by atoms with Crippen molar-refractivity contribution in [3.8, 4) is 17.2 Å². The summed E-state index contributed by atoms with van der Waals surface area (Å²) in [5.41, 5.74) is 3.60. The lowest BCUT2D eigenvalue weighted by Gasteiger charge is -2.15. The average molecular weight is 1050 g/mol. The highest BCUT2D eigenvalue weighted by Gasteiger charge is 2.31. The topological polar surface area (TPSA) is 84.9 Å².